The molecule has 0 radical (unpaired) electrons. The second kappa shape index (κ2) is 10.6. The number of carbonyl (C=O) groups is 1. The van der Waals surface area contributed by atoms with Crippen molar-refractivity contribution in [1.82, 2.24) is 14.1 Å². The first-order valence-electron chi connectivity index (χ1n) is 12.9. The van der Waals surface area contributed by atoms with Crippen LogP contribution in [-0.2, 0) is 6.54 Å². The number of piperazine rings is 1. The summed E-state index contributed by atoms with van der Waals surface area (Å²) in [7, 11) is 0. The van der Waals surface area contributed by atoms with E-state index in [1.807, 2.05) is 58.1 Å². The number of ether oxygens (including phenoxy) is 1. The molecule has 1 saturated heterocycles. The van der Waals surface area contributed by atoms with Crippen LogP contribution in [0, 0.1) is 5.82 Å². The molecule has 0 saturated carbocycles. The van der Waals surface area contributed by atoms with Gasteiger partial charge in [0, 0.05) is 56.5 Å². The van der Waals surface area contributed by atoms with Gasteiger partial charge >= 0.3 is 6.16 Å². The van der Waals surface area contributed by atoms with Gasteiger partial charge < -0.3 is 28.8 Å². The van der Waals surface area contributed by atoms with Crippen LogP contribution in [0.3, 0.4) is 0 Å². The van der Waals surface area contributed by atoms with Gasteiger partial charge in [-0.15, -0.1) is 0 Å². The number of imidazole rings is 1. The number of para-hydroxylation sites is 1. The van der Waals surface area contributed by atoms with Gasteiger partial charge in [0.15, 0.2) is 5.75 Å². The zero-order valence-electron chi connectivity index (χ0n) is 21.5. The lowest BCUT2D eigenvalue weighted by Gasteiger charge is -2.37. The average molecular weight is 540 g/mol. The third-order valence-corrected chi connectivity index (χ3v) is 7.09. The van der Waals surface area contributed by atoms with Crippen LogP contribution in [0.25, 0.3) is 16.6 Å². The molecule has 3 aromatic carbocycles. The second-order valence-corrected chi connectivity index (χ2v) is 9.60. The molecule has 0 spiro atoms. The van der Waals surface area contributed by atoms with Crippen LogP contribution in [0.15, 0.2) is 96.4 Å². The predicted octanol–water partition coefficient (Wildman–Crippen LogP) is 4.76. The number of anilines is 2. The van der Waals surface area contributed by atoms with Gasteiger partial charge in [-0.25, -0.2) is 14.2 Å². The Bertz CT molecular complexity index is 1730. The fourth-order valence-corrected chi connectivity index (χ4v) is 5.17. The molecule has 1 aliphatic rings. The van der Waals surface area contributed by atoms with E-state index in [0.29, 0.717) is 36.5 Å². The Hall–Kier alpha value is -5.12. The molecule has 1 fully saturated rings. The van der Waals surface area contributed by atoms with Crippen molar-refractivity contribution in [2.24, 2.45) is 0 Å². The minimum Gasteiger partial charge on any atom is -0.449 e. The number of rotatable bonds is 6. The Morgan fingerprint density at radius 1 is 0.950 bits per heavy atom. The quantitative estimate of drug-likeness (QED) is 0.311. The Balaban J connectivity index is 1.41. The first-order valence-corrected chi connectivity index (χ1v) is 12.9. The molecule has 0 atom stereocenters. The summed E-state index contributed by atoms with van der Waals surface area (Å²) in [6.07, 6.45) is 5.00. The van der Waals surface area contributed by atoms with Crippen molar-refractivity contribution < 1.29 is 19.0 Å². The maximum absolute atomic E-state index is 15.5. The van der Waals surface area contributed by atoms with E-state index in [1.165, 1.54) is 12.3 Å². The van der Waals surface area contributed by atoms with Gasteiger partial charge in [-0.2, -0.15) is 0 Å². The largest absolute Gasteiger partial charge is 0.511 e. The van der Waals surface area contributed by atoms with E-state index >= 15 is 4.39 Å². The van der Waals surface area contributed by atoms with Gasteiger partial charge in [0.2, 0.25) is 5.43 Å². The molecular weight excluding hydrogens is 513 g/mol. The maximum Gasteiger partial charge on any atom is 0.511 e. The summed E-state index contributed by atoms with van der Waals surface area (Å²) in [5, 5.41) is 9.25. The highest BCUT2D eigenvalue weighted by molar-refractivity contribution is 5.86. The second-order valence-electron chi connectivity index (χ2n) is 9.60. The van der Waals surface area contributed by atoms with Crippen molar-refractivity contribution in [1.29, 1.82) is 0 Å². The lowest BCUT2D eigenvalue weighted by molar-refractivity contribution is 0.144. The third kappa shape index (κ3) is 4.98. The van der Waals surface area contributed by atoms with Crippen LogP contribution in [0.4, 0.5) is 20.6 Å². The van der Waals surface area contributed by atoms with Gasteiger partial charge in [0.1, 0.15) is 5.82 Å². The highest BCUT2D eigenvalue weighted by Crippen LogP contribution is 2.30. The molecule has 2 aromatic heterocycles. The van der Waals surface area contributed by atoms with E-state index in [1.54, 1.807) is 23.2 Å². The molecule has 0 aliphatic carbocycles. The Morgan fingerprint density at radius 3 is 2.42 bits per heavy atom. The highest BCUT2D eigenvalue weighted by Gasteiger charge is 2.23. The molecule has 202 valence electrons. The smallest absolute Gasteiger partial charge is 0.449 e. The van der Waals surface area contributed by atoms with E-state index in [-0.39, 0.29) is 5.39 Å². The summed E-state index contributed by atoms with van der Waals surface area (Å²) in [6, 6.07) is 20.5. The van der Waals surface area contributed by atoms with Crippen LogP contribution in [0.1, 0.15) is 5.56 Å². The molecule has 3 heterocycles. The van der Waals surface area contributed by atoms with E-state index in [9.17, 15) is 14.7 Å². The van der Waals surface area contributed by atoms with E-state index in [2.05, 4.69) is 22.0 Å². The fraction of sp³-hybridized carbons (Fsp3) is 0.167. The van der Waals surface area contributed by atoms with Gasteiger partial charge in [-0.1, -0.05) is 30.3 Å². The number of nitrogens with zero attached hydrogens (tertiary/aromatic N) is 5. The van der Waals surface area contributed by atoms with E-state index in [0.717, 1.165) is 24.3 Å². The molecule has 40 heavy (non-hydrogen) atoms. The van der Waals surface area contributed by atoms with Crippen LogP contribution < -0.4 is 20.0 Å². The SMILES string of the molecule is O=C(O)Oc1cn(-c2cccc(Cn3ccnc3)c2)c2cc(N3CCN(c4ccccc4)CC3)c(F)cc2c1=O. The van der Waals surface area contributed by atoms with Crippen molar-refractivity contribution in [2.45, 2.75) is 6.54 Å². The third-order valence-electron chi connectivity index (χ3n) is 7.09. The standard InChI is InChI=1S/C30H26FN5O4/c31-25-16-24-26(17-27(25)35-13-11-34(12-14-35)22-6-2-1-3-7-22)36(19-28(29(24)37)40-30(38)39)23-8-4-5-21(15-23)18-33-10-9-32-20-33/h1-10,15-17,19-20H,11-14,18H2,(H,38,39). The zero-order chi connectivity index (χ0) is 27.6. The molecule has 6 rings (SSSR count). The van der Waals surface area contributed by atoms with Gasteiger partial charge in [-0.05, 0) is 42.0 Å². The Morgan fingerprint density at radius 2 is 1.70 bits per heavy atom. The Labute approximate surface area is 228 Å². The van der Waals surface area contributed by atoms with Crippen LogP contribution in [0.5, 0.6) is 5.75 Å². The van der Waals surface area contributed by atoms with Crippen molar-refractivity contribution in [3.8, 4) is 11.4 Å². The summed E-state index contributed by atoms with van der Waals surface area (Å²) >= 11 is 0. The molecule has 1 N–H and O–H groups in total. The highest BCUT2D eigenvalue weighted by atomic mass is 19.1. The summed E-state index contributed by atoms with van der Waals surface area (Å²) in [6.45, 7) is 3.20. The topological polar surface area (TPSA) is 92.8 Å². The molecule has 0 bridgehead atoms. The zero-order valence-corrected chi connectivity index (χ0v) is 21.5. The van der Waals surface area contributed by atoms with E-state index < -0.39 is 23.2 Å². The summed E-state index contributed by atoms with van der Waals surface area (Å²) in [4.78, 5) is 32.8. The number of aromatic nitrogens is 3. The normalized spacial score (nSPS) is 13.5. The predicted molar refractivity (Wildman–Crippen MR) is 150 cm³/mol. The fourth-order valence-electron chi connectivity index (χ4n) is 5.17. The molecule has 9 nitrogen and oxygen atoms in total. The minimum absolute atomic E-state index is 0.0305. The number of fused-ring (bicyclic) bond motifs is 1. The van der Waals surface area contributed by atoms with Gasteiger partial charge in [0.25, 0.3) is 0 Å². The number of hydrogen-bond donors (Lipinski definition) is 1. The van der Waals surface area contributed by atoms with Gasteiger partial charge in [0.05, 0.1) is 29.1 Å². The van der Waals surface area contributed by atoms with Crippen molar-refractivity contribution >= 4 is 28.4 Å². The number of halogens is 1. The Kier molecular flexibility index (Phi) is 6.65. The lowest BCUT2D eigenvalue weighted by atomic mass is 10.1. The minimum atomic E-state index is -1.62. The number of hydrogen-bond acceptors (Lipinski definition) is 6. The number of pyridine rings is 1. The van der Waals surface area contributed by atoms with Crippen molar-refractivity contribution in [2.75, 3.05) is 36.0 Å². The van der Waals surface area contributed by atoms with Crippen LogP contribution >= 0.6 is 0 Å². The molecule has 1 aliphatic heterocycles. The molecule has 10 heteroatoms. The first-order chi connectivity index (χ1) is 19.5. The van der Waals surface area contributed by atoms with Crippen molar-refractivity contribution in [3.05, 3.63) is 113 Å². The summed E-state index contributed by atoms with van der Waals surface area (Å²) < 4.78 is 23.9. The lowest BCUT2D eigenvalue weighted by Crippen LogP contribution is -2.46. The number of benzene rings is 3. The molecule has 0 amide bonds. The van der Waals surface area contributed by atoms with Gasteiger partial charge in [-0.3, -0.25) is 4.79 Å². The van der Waals surface area contributed by atoms with Crippen LogP contribution in [-0.4, -0.2) is 51.6 Å². The summed E-state index contributed by atoms with van der Waals surface area (Å²) in [5.41, 5.74) is 2.89. The summed E-state index contributed by atoms with van der Waals surface area (Å²) in [5.74, 6) is -0.950. The maximum atomic E-state index is 15.5. The van der Waals surface area contributed by atoms with Crippen molar-refractivity contribution in [3.63, 3.8) is 0 Å². The molecular formula is C30H26FN5O4. The van der Waals surface area contributed by atoms with E-state index in [4.69, 9.17) is 4.74 Å². The average Bonchev–Trinajstić information content (AvgIpc) is 3.48. The molecule has 5 aromatic rings. The molecule has 0 unspecified atom stereocenters. The van der Waals surface area contributed by atoms with Crippen LogP contribution in [0.2, 0.25) is 0 Å². The monoisotopic (exact) mass is 539 g/mol. The first kappa shape index (κ1) is 25.2. The number of carboxylic acid groups (broad SMARTS) is 1.